The second kappa shape index (κ2) is 4.14. The van der Waals surface area contributed by atoms with Crippen molar-refractivity contribution in [2.45, 2.75) is 0 Å². The largest absolute Gasteiger partial charge is 0.339 e. The van der Waals surface area contributed by atoms with Gasteiger partial charge in [0.2, 0.25) is 4.77 Å². The van der Waals surface area contributed by atoms with E-state index in [1.165, 1.54) is 18.3 Å². The Bertz CT molecular complexity index is 525. The van der Waals surface area contributed by atoms with Crippen LogP contribution in [0, 0.1) is 10.6 Å². The Balaban J connectivity index is 2.26. The molecule has 4 nitrogen and oxygen atoms in total. The van der Waals surface area contributed by atoms with Crippen molar-refractivity contribution in [3.63, 3.8) is 0 Å². The molecule has 0 saturated carbocycles. The lowest BCUT2D eigenvalue weighted by molar-refractivity contribution is 0.628. The van der Waals surface area contributed by atoms with E-state index in [-0.39, 0.29) is 10.6 Å². The molecule has 0 aliphatic rings. The molecule has 0 aliphatic heterocycles. The zero-order chi connectivity index (χ0) is 10.7. The van der Waals surface area contributed by atoms with Crippen LogP contribution in [0.15, 0.2) is 30.5 Å². The highest BCUT2D eigenvalue weighted by Crippen LogP contribution is 2.13. The average molecular weight is 222 g/mol. The molecule has 0 saturated heterocycles. The molecule has 2 N–H and O–H groups in total. The quantitative estimate of drug-likeness (QED) is 0.766. The van der Waals surface area contributed by atoms with Crippen molar-refractivity contribution >= 4 is 23.7 Å². The van der Waals surface area contributed by atoms with Crippen LogP contribution in [0.4, 0.5) is 15.9 Å². The first-order chi connectivity index (χ1) is 7.24. The average Bonchev–Trinajstić information content (AvgIpc) is 2.17. The second-order valence-electron chi connectivity index (χ2n) is 2.81. The van der Waals surface area contributed by atoms with Gasteiger partial charge in [0.05, 0.1) is 6.20 Å². The Morgan fingerprint density at radius 3 is 3.00 bits per heavy atom. The van der Waals surface area contributed by atoms with Crippen LogP contribution in [0.1, 0.15) is 0 Å². The molecule has 76 valence electrons. The lowest BCUT2D eigenvalue weighted by atomic mass is 10.3. The highest BCUT2D eigenvalue weighted by Gasteiger charge is 1.97. The summed E-state index contributed by atoms with van der Waals surface area (Å²) >= 11 is 4.80. The molecule has 0 aliphatic carbocycles. The number of H-pyrrole nitrogens is 1. The van der Waals surface area contributed by atoms with Crippen LogP contribution in [-0.2, 0) is 0 Å². The van der Waals surface area contributed by atoms with Gasteiger partial charge in [0.1, 0.15) is 5.82 Å². The lowest BCUT2D eigenvalue weighted by Crippen LogP contribution is -1.96. The van der Waals surface area contributed by atoms with Gasteiger partial charge in [-0.3, -0.25) is 5.10 Å². The molecule has 15 heavy (non-hydrogen) atoms. The van der Waals surface area contributed by atoms with Gasteiger partial charge in [0, 0.05) is 5.69 Å². The van der Waals surface area contributed by atoms with Gasteiger partial charge in [-0.25, -0.2) is 4.39 Å². The van der Waals surface area contributed by atoms with Crippen LogP contribution >= 0.6 is 12.2 Å². The molecule has 0 atom stereocenters. The summed E-state index contributed by atoms with van der Waals surface area (Å²) in [6.07, 6.45) is 1.47. The van der Waals surface area contributed by atoms with Gasteiger partial charge in [-0.05, 0) is 30.4 Å². The summed E-state index contributed by atoms with van der Waals surface area (Å²) in [5.74, 6) is 0.165. The van der Waals surface area contributed by atoms with Crippen LogP contribution in [0.2, 0.25) is 0 Å². The number of aromatic nitrogens is 3. The van der Waals surface area contributed by atoms with E-state index < -0.39 is 0 Å². The first kappa shape index (κ1) is 9.72. The summed E-state index contributed by atoms with van der Waals surface area (Å²) < 4.78 is 13.1. The summed E-state index contributed by atoms with van der Waals surface area (Å²) in [6, 6.07) is 6.06. The predicted molar refractivity (Wildman–Crippen MR) is 56.9 cm³/mol. The minimum absolute atomic E-state index is 0.274. The minimum atomic E-state index is -0.311. The maximum Gasteiger partial charge on any atom is 0.215 e. The molecular weight excluding hydrogens is 215 g/mol. The fourth-order valence-electron chi connectivity index (χ4n) is 1.09. The molecule has 0 amide bonds. The van der Waals surface area contributed by atoms with Crippen molar-refractivity contribution < 1.29 is 4.39 Å². The zero-order valence-electron chi connectivity index (χ0n) is 7.57. The van der Waals surface area contributed by atoms with Gasteiger partial charge in [0.25, 0.3) is 0 Å². The van der Waals surface area contributed by atoms with Crippen molar-refractivity contribution in [1.29, 1.82) is 0 Å². The number of aromatic amines is 1. The molecule has 0 radical (unpaired) electrons. The normalized spacial score (nSPS) is 9.93. The van der Waals surface area contributed by atoms with E-state index in [1.807, 2.05) is 0 Å². The molecular formula is C9H7FN4S. The third-order valence-electron chi connectivity index (χ3n) is 1.67. The van der Waals surface area contributed by atoms with Crippen LogP contribution in [-0.4, -0.2) is 15.2 Å². The molecule has 0 spiro atoms. The van der Waals surface area contributed by atoms with Gasteiger partial charge in [-0.2, -0.15) is 10.1 Å². The maximum atomic E-state index is 12.8. The van der Waals surface area contributed by atoms with Gasteiger partial charge in [-0.15, -0.1) is 0 Å². The smallest absolute Gasteiger partial charge is 0.215 e. The number of anilines is 2. The summed E-state index contributed by atoms with van der Waals surface area (Å²) in [6.45, 7) is 0. The Kier molecular flexibility index (Phi) is 2.68. The predicted octanol–water partition coefficient (Wildman–Crippen LogP) is 2.42. The summed E-state index contributed by atoms with van der Waals surface area (Å²) in [5.41, 5.74) is 0.602. The SMILES string of the molecule is Fc1cccc(Nc2cn[nH]c(=S)n2)c1. The molecule has 2 rings (SSSR count). The van der Waals surface area contributed by atoms with E-state index in [1.54, 1.807) is 12.1 Å². The molecule has 0 unspecified atom stereocenters. The van der Waals surface area contributed by atoms with E-state index in [2.05, 4.69) is 20.5 Å². The number of rotatable bonds is 2. The van der Waals surface area contributed by atoms with Crippen molar-refractivity contribution in [1.82, 2.24) is 15.2 Å². The van der Waals surface area contributed by atoms with Crippen molar-refractivity contribution in [2.75, 3.05) is 5.32 Å². The van der Waals surface area contributed by atoms with Crippen molar-refractivity contribution in [3.05, 3.63) is 41.1 Å². The molecule has 0 fully saturated rings. The van der Waals surface area contributed by atoms with Crippen LogP contribution in [0.3, 0.4) is 0 Å². The molecule has 1 aromatic heterocycles. The zero-order valence-corrected chi connectivity index (χ0v) is 8.38. The topological polar surface area (TPSA) is 53.6 Å². The van der Waals surface area contributed by atoms with Crippen LogP contribution in [0.25, 0.3) is 0 Å². The third-order valence-corrected chi connectivity index (χ3v) is 1.85. The van der Waals surface area contributed by atoms with E-state index >= 15 is 0 Å². The number of nitrogens with zero attached hydrogens (tertiary/aromatic N) is 2. The van der Waals surface area contributed by atoms with E-state index in [0.717, 1.165) is 0 Å². The fraction of sp³-hybridized carbons (Fsp3) is 0. The van der Waals surface area contributed by atoms with Gasteiger partial charge < -0.3 is 5.32 Å². The first-order valence-electron chi connectivity index (χ1n) is 4.18. The number of hydrogen-bond donors (Lipinski definition) is 2. The Morgan fingerprint density at radius 1 is 1.40 bits per heavy atom. The minimum Gasteiger partial charge on any atom is -0.339 e. The third kappa shape index (κ3) is 2.57. The highest BCUT2D eigenvalue weighted by atomic mass is 32.1. The van der Waals surface area contributed by atoms with E-state index in [9.17, 15) is 4.39 Å². The summed E-state index contributed by atoms with van der Waals surface area (Å²) in [7, 11) is 0. The number of benzene rings is 1. The Hall–Kier alpha value is -1.82. The fourth-order valence-corrected chi connectivity index (χ4v) is 1.24. The second-order valence-corrected chi connectivity index (χ2v) is 3.19. The van der Waals surface area contributed by atoms with E-state index in [0.29, 0.717) is 11.5 Å². The van der Waals surface area contributed by atoms with Gasteiger partial charge in [-0.1, -0.05) is 6.07 Å². The molecule has 0 bridgehead atoms. The molecule has 6 heteroatoms. The summed E-state index contributed by atoms with van der Waals surface area (Å²) in [5, 5.41) is 9.15. The summed E-state index contributed by atoms with van der Waals surface area (Å²) in [4.78, 5) is 3.96. The van der Waals surface area contributed by atoms with Crippen molar-refractivity contribution in [2.24, 2.45) is 0 Å². The van der Waals surface area contributed by atoms with Gasteiger partial charge >= 0.3 is 0 Å². The maximum absolute atomic E-state index is 12.8. The molecule has 1 aromatic carbocycles. The number of hydrogen-bond acceptors (Lipinski definition) is 4. The Labute approximate surface area is 90.2 Å². The van der Waals surface area contributed by atoms with Gasteiger partial charge in [0.15, 0.2) is 5.82 Å². The standard InChI is InChI=1S/C9H7FN4S/c10-6-2-1-3-7(4-6)12-8-5-11-14-9(15)13-8/h1-5H,(H2,12,13,14,15). The number of halogens is 1. The van der Waals surface area contributed by atoms with Crippen molar-refractivity contribution in [3.8, 4) is 0 Å². The molecule has 2 aromatic rings. The van der Waals surface area contributed by atoms with E-state index in [4.69, 9.17) is 12.2 Å². The first-order valence-corrected chi connectivity index (χ1v) is 4.59. The Morgan fingerprint density at radius 2 is 2.27 bits per heavy atom. The molecule has 1 heterocycles. The van der Waals surface area contributed by atoms with Crippen LogP contribution < -0.4 is 5.32 Å². The highest BCUT2D eigenvalue weighted by molar-refractivity contribution is 7.71. The number of nitrogens with one attached hydrogen (secondary N) is 2. The van der Waals surface area contributed by atoms with Crippen LogP contribution in [0.5, 0.6) is 0 Å². The monoisotopic (exact) mass is 222 g/mol. The lowest BCUT2D eigenvalue weighted by Gasteiger charge is -2.03.